The summed E-state index contributed by atoms with van der Waals surface area (Å²) in [5.74, 6) is -0.265. The van der Waals surface area contributed by atoms with E-state index >= 15 is 0 Å². The third-order valence-electron chi connectivity index (χ3n) is 2.87. The SMILES string of the molecule is Cc1cc(N)c(Cl)cc1NC(=O)c1ccc(C#N)cc1. The molecule has 0 unspecified atom stereocenters. The van der Waals surface area contributed by atoms with Gasteiger partial charge < -0.3 is 11.1 Å². The average Bonchev–Trinajstić information content (AvgIpc) is 2.44. The maximum absolute atomic E-state index is 12.1. The molecule has 5 heteroatoms. The summed E-state index contributed by atoms with van der Waals surface area (Å²) in [5, 5.41) is 11.9. The van der Waals surface area contributed by atoms with Crippen molar-refractivity contribution in [2.45, 2.75) is 6.92 Å². The summed E-state index contributed by atoms with van der Waals surface area (Å²) in [4.78, 5) is 12.1. The van der Waals surface area contributed by atoms with E-state index in [0.29, 0.717) is 27.5 Å². The predicted molar refractivity (Wildman–Crippen MR) is 79.7 cm³/mol. The van der Waals surface area contributed by atoms with Crippen LogP contribution >= 0.6 is 11.6 Å². The van der Waals surface area contributed by atoms with Gasteiger partial charge in [0, 0.05) is 11.3 Å². The van der Waals surface area contributed by atoms with Gasteiger partial charge in [0.2, 0.25) is 0 Å². The summed E-state index contributed by atoms with van der Waals surface area (Å²) < 4.78 is 0. The van der Waals surface area contributed by atoms with E-state index in [0.717, 1.165) is 5.56 Å². The highest BCUT2D eigenvalue weighted by Crippen LogP contribution is 2.27. The number of nitrogens with one attached hydrogen (secondary N) is 1. The van der Waals surface area contributed by atoms with Gasteiger partial charge in [-0.05, 0) is 48.9 Å². The molecule has 0 heterocycles. The molecule has 2 rings (SSSR count). The third kappa shape index (κ3) is 2.90. The lowest BCUT2D eigenvalue weighted by Gasteiger charge is -2.10. The van der Waals surface area contributed by atoms with Crippen molar-refractivity contribution in [2.24, 2.45) is 0 Å². The van der Waals surface area contributed by atoms with Gasteiger partial charge in [0.25, 0.3) is 5.91 Å². The van der Waals surface area contributed by atoms with E-state index < -0.39 is 0 Å². The van der Waals surface area contributed by atoms with Gasteiger partial charge in [0.05, 0.1) is 22.3 Å². The number of nitriles is 1. The van der Waals surface area contributed by atoms with Crippen LogP contribution in [0.1, 0.15) is 21.5 Å². The quantitative estimate of drug-likeness (QED) is 0.831. The van der Waals surface area contributed by atoms with Crippen molar-refractivity contribution in [2.75, 3.05) is 11.1 Å². The second kappa shape index (κ2) is 5.64. The highest BCUT2D eigenvalue weighted by molar-refractivity contribution is 6.33. The van der Waals surface area contributed by atoms with Gasteiger partial charge in [-0.1, -0.05) is 11.6 Å². The fraction of sp³-hybridized carbons (Fsp3) is 0.0667. The van der Waals surface area contributed by atoms with Crippen LogP contribution in [-0.4, -0.2) is 5.91 Å². The van der Waals surface area contributed by atoms with E-state index in [1.807, 2.05) is 13.0 Å². The summed E-state index contributed by atoms with van der Waals surface area (Å²) in [6.07, 6.45) is 0. The molecule has 0 aliphatic rings. The van der Waals surface area contributed by atoms with E-state index in [4.69, 9.17) is 22.6 Å². The Labute approximate surface area is 121 Å². The molecule has 0 spiro atoms. The van der Waals surface area contributed by atoms with Crippen LogP contribution in [0.25, 0.3) is 0 Å². The maximum atomic E-state index is 12.1. The van der Waals surface area contributed by atoms with Crippen molar-refractivity contribution < 1.29 is 4.79 Å². The van der Waals surface area contributed by atoms with Crippen LogP contribution in [0, 0.1) is 18.3 Å². The molecule has 0 saturated heterocycles. The van der Waals surface area contributed by atoms with Gasteiger partial charge in [-0.15, -0.1) is 0 Å². The molecule has 0 saturated carbocycles. The standard InChI is InChI=1S/C15H12ClN3O/c1-9-6-13(18)12(16)7-14(9)19-15(20)11-4-2-10(8-17)3-5-11/h2-7H,18H2,1H3,(H,19,20). The minimum Gasteiger partial charge on any atom is -0.398 e. The largest absolute Gasteiger partial charge is 0.398 e. The summed E-state index contributed by atoms with van der Waals surface area (Å²) in [6.45, 7) is 1.83. The molecular formula is C15H12ClN3O. The number of benzene rings is 2. The van der Waals surface area contributed by atoms with Crippen molar-refractivity contribution in [3.63, 3.8) is 0 Å². The zero-order chi connectivity index (χ0) is 14.7. The van der Waals surface area contributed by atoms with E-state index in [-0.39, 0.29) is 5.91 Å². The number of nitrogen functional groups attached to an aromatic ring is 1. The molecule has 2 aromatic carbocycles. The van der Waals surface area contributed by atoms with Crippen molar-refractivity contribution in [1.29, 1.82) is 5.26 Å². The maximum Gasteiger partial charge on any atom is 0.255 e. The lowest BCUT2D eigenvalue weighted by atomic mass is 10.1. The zero-order valence-corrected chi connectivity index (χ0v) is 11.5. The molecular weight excluding hydrogens is 274 g/mol. The van der Waals surface area contributed by atoms with E-state index in [1.54, 1.807) is 36.4 Å². The first-order chi connectivity index (χ1) is 9.51. The number of carbonyl (C=O) groups is 1. The number of hydrogen-bond donors (Lipinski definition) is 2. The van der Waals surface area contributed by atoms with Gasteiger partial charge in [-0.3, -0.25) is 4.79 Å². The molecule has 0 atom stereocenters. The van der Waals surface area contributed by atoms with E-state index in [9.17, 15) is 4.79 Å². The molecule has 2 aromatic rings. The molecule has 0 aromatic heterocycles. The predicted octanol–water partition coefficient (Wildman–Crippen LogP) is 3.35. The topological polar surface area (TPSA) is 78.9 Å². The number of nitrogens with zero attached hydrogens (tertiary/aromatic N) is 1. The molecule has 4 nitrogen and oxygen atoms in total. The number of rotatable bonds is 2. The summed E-state index contributed by atoms with van der Waals surface area (Å²) >= 11 is 5.94. The molecule has 0 aliphatic carbocycles. The lowest BCUT2D eigenvalue weighted by molar-refractivity contribution is 0.102. The number of carbonyl (C=O) groups excluding carboxylic acids is 1. The minimum atomic E-state index is -0.265. The Morgan fingerprint density at radius 1 is 1.30 bits per heavy atom. The summed E-state index contributed by atoms with van der Waals surface area (Å²) in [6, 6.07) is 11.7. The number of amides is 1. The van der Waals surface area contributed by atoms with Gasteiger partial charge in [0.1, 0.15) is 0 Å². The lowest BCUT2D eigenvalue weighted by Crippen LogP contribution is -2.13. The minimum absolute atomic E-state index is 0.265. The van der Waals surface area contributed by atoms with Crippen LogP contribution in [0.3, 0.4) is 0 Å². The van der Waals surface area contributed by atoms with Crippen LogP contribution in [0.2, 0.25) is 5.02 Å². The monoisotopic (exact) mass is 285 g/mol. The molecule has 1 amide bonds. The number of aryl methyl sites for hydroxylation is 1. The number of hydrogen-bond acceptors (Lipinski definition) is 3. The number of anilines is 2. The highest BCUT2D eigenvalue weighted by Gasteiger charge is 2.09. The van der Waals surface area contributed by atoms with Crippen LogP contribution in [0.5, 0.6) is 0 Å². The Balaban J connectivity index is 2.23. The van der Waals surface area contributed by atoms with Crippen molar-refractivity contribution in [1.82, 2.24) is 0 Å². The van der Waals surface area contributed by atoms with E-state index in [2.05, 4.69) is 5.32 Å². The first kappa shape index (κ1) is 13.9. The molecule has 0 radical (unpaired) electrons. The summed E-state index contributed by atoms with van der Waals surface area (Å²) in [7, 11) is 0. The zero-order valence-electron chi connectivity index (χ0n) is 10.8. The van der Waals surface area contributed by atoms with Crippen LogP contribution in [-0.2, 0) is 0 Å². The Hall–Kier alpha value is -2.51. The molecule has 3 N–H and O–H groups in total. The Kier molecular flexibility index (Phi) is 3.92. The molecule has 0 aliphatic heterocycles. The van der Waals surface area contributed by atoms with Crippen LogP contribution < -0.4 is 11.1 Å². The van der Waals surface area contributed by atoms with Crippen molar-refractivity contribution >= 4 is 28.9 Å². The van der Waals surface area contributed by atoms with Crippen molar-refractivity contribution in [3.05, 3.63) is 58.1 Å². The third-order valence-corrected chi connectivity index (χ3v) is 3.20. The second-order valence-corrected chi connectivity index (χ2v) is 4.74. The Bertz CT molecular complexity index is 702. The highest BCUT2D eigenvalue weighted by atomic mass is 35.5. The van der Waals surface area contributed by atoms with Gasteiger partial charge in [-0.25, -0.2) is 0 Å². The first-order valence-corrected chi connectivity index (χ1v) is 6.26. The molecule has 0 bridgehead atoms. The smallest absolute Gasteiger partial charge is 0.255 e. The van der Waals surface area contributed by atoms with Crippen molar-refractivity contribution in [3.8, 4) is 6.07 Å². The van der Waals surface area contributed by atoms with Gasteiger partial charge >= 0.3 is 0 Å². The summed E-state index contributed by atoms with van der Waals surface area (Å²) in [5.41, 5.74) is 8.57. The molecule has 100 valence electrons. The van der Waals surface area contributed by atoms with E-state index in [1.165, 1.54) is 0 Å². The fourth-order valence-corrected chi connectivity index (χ4v) is 1.89. The average molecular weight is 286 g/mol. The molecule has 0 fully saturated rings. The Morgan fingerprint density at radius 3 is 2.55 bits per heavy atom. The van der Waals surface area contributed by atoms with Gasteiger partial charge in [0.15, 0.2) is 0 Å². The van der Waals surface area contributed by atoms with Gasteiger partial charge in [-0.2, -0.15) is 5.26 Å². The number of nitrogens with two attached hydrogens (primary N) is 1. The normalized spacial score (nSPS) is 9.85. The number of halogens is 1. The fourth-order valence-electron chi connectivity index (χ4n) is 1.73. The second-order valence-electron chi connectivity index (χ2n) is 4.33. The Morgan fingerprint density at radius 2 is 1.95 bits per heavy atom. The van der Waals surface area contributed by atoms with Crippen LogP contribution in [0.15, 0.2) is 36.4 Å². The van der Waals surface area contributed by atoms with Crippen LogP contribution in [0.4, 0.5) is 11.4 Å². The first-order valence-electron chi connectivity index (χ1n) is 5.88. The molecule has 20 heavy (non-hydrogen) atoms.